The number of thiazole rings is 1. The van der Waals surface area contributed by atoms with Crippen LogP contribution in [0.5, 0.6) is 0 Å². The first-order valence-corrected chi connectivity index (χ1v) is 7.01. The summed E-state index contributed by atoms with van der Waals surface area (Å²) in [5.74, 6) is -0.367. The molecule has 19 heavy (non-hydrogen) atoms. The number of nitrogens with one attached hydrogen (secondary N) is 1. The van der Waals surface area contributed by atoms with Crippen LogP contribution in [0.1, 0.15) is 29.1 Å². The highest BCUT2D eigenvalue weighted by atomic mass is 35.5. The molecule has 0 radical (unpaired) electrons. The fraction of sp³-hybridized carbons (Fsp3) is 0.167. The highest BCUT2D eigenvalue weighted by molar-refractivity contribution is 7.14. The highest BCUT2D eigenvalue weighted by Crippen LogP contribution is 2.24. The summed E-state index contributed by atoms with van der Waals surface area (Å²) in [7, 11) is 0. The van der Waals surface area contributed by atoms with E-state index in [9.17, 15) is 9.90 Å². The monoisotopic (exact) mass is 316 g/mol. The fourth-order valence-corrected chi connectivity index (χ4v) is 2.66. The quantitative estimate of drug-likeness (QED) is 0.906. The zero-order chi connectivity index (χ0) is 14.0. The van der Waals surface area contributed by atoms with Crippen molar-refractivity contribution in [2.24, 2.45) is 0 Å². The average molecular weight is 317 g/mol. The van der Waals surface area contributed by atoms with Gasteiger partial charge in [-0.15, -0.1) is 11.3 Å². The van der Waals surface area contributed by atoms with Gasteiger partial charge < -0.3 is 5.11 Å². The van der Waals surface area contributed by atoms with Crippen molar-refractivity contribution in [2.45, 2.75) is 13.0 Å². The molecule has 0 saturated carbocycles. The largest absolute Gasteiger partial charge is 0.387 e. The number of aromatic nitrogens is 1. The van der Waals surface area contributed by atoms with Crippen LogP contribution in [0.4, 0.5) is 5.13 Å². The Hall–Kier alpha value is -1.14. The van der Waals surface area contributed by atoms with E-state index in [0.29, 0.717) is 21.4 Å². The third-order valence-electron chi connectivity index (χ3n) is 2.35. The molecule has 4 nitrogen and oxygen atoms in total. The molecule has 0 saturated heterocycles. The normalized spacial score (nSPS) is 12.2. The number of carbonyl (C=O) groups excluding carboxylic acids is 1. The summed E-state index contributed by atoms with van der Waals surface area (Å²) in [5, 5.41) is 14.8. The van der Waals surface area contributed by atoms with Gasteiger partial charge in [0.15, 0.2) is 5.13 Å². The number of hydrogen-bond acceptors (Lipinski definition) is 4. The zero-order valence-corrected chi connectivity index (χ0v) is 12.2. The number of carbonyl (C=O) groups is 1. The highest BCUT2D eigenvalue weighted by Gasteiger charge is 2.13. The maximum atomic E-state index is 12.0. The van der Waals surface area contributed by atoms with Crippen LogP contribution in [-0.4, -0.2) is 16.0 Å². The number of rotatable bonds is 3. The minimum Gasteiger partial charge on any atom is -0.387 e. The van der Waals surface area contributed by atoms with Gasteiger partial charge in [-0.2, -0.15) is 0 Å². The van der Waals surface area contributed by atoms with E-state index < -0.39 is 6.10 Å². The molecule has 0 aliphatic rings. The second-order valence-electron chi connectivity index (χ2n) is 3.83. The molecule has 0 aliphatic carbocycles. The number of halogens is 2. The van der Waals surface area contributed by atoms with Crippen LogP contribution in [-0.2, 0) is 0 Å². The lowest BCUT2D eigenvalue weighted by Crippen LogP contribution is -2.12. The van der Waals surface area contributed by atoms with Gasteiger partial charge in [0.2, 0.25) is 0 Å². The molecular formula is C12H10Cl2N2O2S. The molecule has 7 heteroatoms. The number of amides is 1. The van der Waals surface area contributed by atoms with Gasteiger partial charge in [0, 0.05) is 10.4 Å². The van der Waals surface area contributed by atoms with Gasteiger partial charge in [-0.25, -0.2) is 4.98 Å². The van der Waals surface area contributed by atoms with E-state index in [4.69, 9.17) is 23.2 Å². The smallest absolute Gasteiger partial charge is 0.258 e. The summed E-state index contributed by atoms with van der Waals surface area (Å²) in [6.07, 6.45) is -0.666. The molecule has 100 valence electrons. The standard InChI is InChI=1S/C12H10Cl2N2O2S/c1-6(17)10-5-19-12(15-10)16-11(18)8-3-2-7(13)4-9(8)14/h2-6,17H,1H3,(H,15,16,18). The number of anilines is 1. The van der Waals surface area contributed by atoms with Gasteiger partial charge in [-0.3, -0.25) is 10.1 Å². The second-order valence-corrected chi connectivity index (χ2v) is 5.53. The lowest BCUT2D eigenvalue weighted by Gasteiger charge is -2.04. The van der Waals surface area contributed by atoms with E-state index in [1.807, 2.05) is 0 Å². The predicted octanol–water partition coefficient (Wildman–Crippen LogP) is 3.76. The van der Waals surface area contributed by atoms with Crippen LogP contribution in [0, 0.1) is 0 Å². The Kier molecular flexibility index (Phi) is 4.42. The fourth-order valence-electron chi connectivity index (χ4n) is 1.37. The van der Waals surface area contributed by atoms with Gasteiger partial charge in [0.05, 0.1) is 22.4 Å². The zero-order valence-electron chi connectivity index (χ0n) is 9.85. The van der Waals surface area contributed by atoms with Gasteiger partial charge in [0.25, 0.3) is 5.91 Å². The summed E-state index contributed by atoms with van der Waals surface area (Å²) in [4.78, 5) is 16.1. The molecule has 1 heterocycles. The number of nitrogens with zero attached hydrogens (tertiary/aromatic N) is 1. The molecular weight excluding hydrogens is 307 g/mol. The van der Waals surface area contributed by atoms with Crippen LogP contribution in [0.15, 0.2) is 23.6 Å². The third kappa shape index (κ3) is 3.45. The van der Waals surface area contributed by atoms with Gasteiger partial charge >= 0.3 is 0 Å². The van der Waals surface area contributed by atoms with E-state index in [0.717, 1.165) is 0 Å². The molecule has 2 N–H and O–H groups in total. The van der Waals surface area contributed by atoms with Gasteiger partial charge in [-0.1, -0.05) is 23.2 Å². The topological polar surface area (TPSA) is 62.2 Å². The van der Waals surface area contributed by atoms with Crippen molar-refractivity contribution in [1.82, 2.24) is 4.98 Å². The molecule has 0 bridgehead atoms. The molecule has 0 fully saturated rings. The van der Waals surface area contributed by atoms with Crippen LogP contribution < -0.4 is 5.32 Å². The maximum Gasteiger partial charge on any atom is 0.258 e. The number of hydrogen-bond donors (Lipinski definition) is 2. The summed E-state index contributed by atoms with van der Waals surface area (Å²) in [6.45, 7) is 1.61. The number of aliphatic hydroxyl groups excluding tert-OH is 1. The number of aliphatic hydroxyl groups is 1. The van der Waals surface area contributed by atoms with Gasteiger partial charge in [0.1, 0.15) is 0 Å². The lowest BCUT2D eigenvalue weighted by atomic mass is 10.2. The minimum absolute atomic E-state index is 0.275. The van der Waals surface area contributed by atoms with E-state index in [2.05, 4.69) is 10.3 Å². The first-order valence-electron chi connectivity index (χ1n) is 5.37. The average Bonchev–Trinajstić information content (AvgIpc) is 2.77. The van der Waals surface area contributed by atoms with E-state index >= 15 is 0 Å². The van der Waals surface area contributed by atoms with Crippen molar-refractivity contribution in [3.8, 4) is 0 Å². The molecule has 1 aromatic carbocycles. The lowest BCUT2D eigenvalue weighted by molar-refractivity contribution is 0.102. The minimum atomic E-state index is -0.666. The Morgan fingerprint density at radius 3 is 2.79 bits per heavy atom. The predicted molar refractivity (Wildman–Crippen MR) is 77.2 cm³/mol. The Balaban J connectivity index is 2.16. The molecule has 0 aliphatic heterocycles. The Labute approximate surface area is 124 Å². The SMILES string of the molecule is CC(O)c1csc(NC(=O)c2ccc(Cl)cc2Cl)n1. The van der Waals surface area contributed by atoms with E-state index in [1.54, 1.807) is 24.4 Å². The van der Waals surface area contributed by atoms with Crippen molar-refractivity contribution >= 4 is 45.6 Å². The van der Waals surface area contributed by atoms with Crippen LogP contribution in [0.2, 0.25) is 10.0 Å². The molecule has 2 rings (SSSR count). The Morgan fingerprint density at radius 1 is 1.47 bits per heavy atom. The Bertz CT molecular complexity index is 614. The van der Waals surface area contributed by atoms with Crippen LogP contribution >= 0.6 is 34.5 Å². The second kappa shape index (κ2) is 5.88. The van der Waals surface area contributed by atoms with Crippen molar-refractivity contribution in [2.75, 3.05) is 5.32 Å². The van der Waals surface area contributed by atoms with Crippen LogP contribution in [0.3, 0.4) is 0 Å². The van der Waals surface area contributed by atoms with E-state index in [-0.39, 0.29) is 10.9 Å². The molecule has 0 spiro atoms. The molecule has 1 amide bonds. The summed E-state index contributed by atoms with van der Waals surface area (Å²) < 4.78 is 0. The summed E-state index contributed by atoms with van der Waals surface area (Å²) in [6, 6.07) is 4.63. The summed E-state index contributed by atoms with van der Waals surface area (Å²) >= 11 is 12.9. The first kappa shape index (κ1) is 14.3. The van der Waals surface area contributed by atoms with E-state index in [1.165, 1.54) is 17.4 Å². The molecule has 2 aromatic rings. The van der Waals surface area contributed by atoms with Crippen molar-refractivity contribution in [1.29, 1.82) is 0 Å². The Morgan fingerprint density at radius 2 is 2.21 bits per heavy atom. The van der Waals surface area contributed by atoms with Crippen molar-refractivity contribution < 1.29 is 9.90 Å². The van der Waals surface area contributed by atoms with Crippen molar-refractivity contribution in [3.63, 3.8) is 0 Å². The number of benzene rings is 1. The molecule has 1 unspecified atom stereocenters. The summed E-state index contributed by atoms with van der Waals surface area (Å²) in [5.41, 5.74) is 0.836. The van der Waals surface area contributed by atoms with Crippen LogP contribution in [0.25, 0.3) is 0 Å². The molecule has 1 atom stereocenters. The third-order valence-corrected chi connectivity index (χ3v) is 3.67. The maximum absolute atomic E-state index is 12.0. The molecule has 1 aromatic heterocycles. The van der Waals surface area contributed by atoms with Gasteiger partial charge in [-0.05, 0) is 25.1 Å². The first-order chi connectivity index (χ1) is 8.97. The van der Waals surface area contributed by atoms with Crippen molar-refractivity contribution in [3.05, 3.63) is 44.9 Å².